The topological polar surface area (TPSA) is 72.7 Å². The van der Waals surface area contributed by atoms with E-state index in [1.54, 1.807) is 6.07 Å². The van der Waals surface area contributed by atoms with Crippen LogP contribution in [0.25, 0.3) is 10.7 Å². The number of hydrogen-bond donors (Lipinski definition) is 1. The lowest BCUT2D eigenvalue weighted by molar-refractivity contribution is -0.137. The van der Waals surface area contributed by atoms with Gasteiger partial charge in [0, 0.05) is 0 Å². The van der Waals surface area contributed by atoms with E-state index in [0.29, 0.717) is 5.82 Å². The predicted molar refractivity (Wildman–Crippen MR) is 86.2 cm³/mol. The first-order chi connectivity index (χ1) is 11.8. The third kappa shape index (κ3) is 4.15. The van der Waals surface area contributed by atoms with Gasteiger partial charge in [-0.25, -0.2) is 0 Å². The number of carbonyl (C=O) groups excluding carboxylic acids is 1. The Morgan fingerprint density at radius 1 is 1.32 bits per heavy atom. The number of benzene rings is 1. The van der Waals surface area contributed by atoms with Gasteiger partial charge in [0.25, 0.3) is 0 Å². The van der Waals surface area contributed by atoms with Gasteiger partial charge in [-0.15, -0.1) is 21.5 Å². The Morgan fingerprint density at radius 3 is 2.80 bits per heavy atom. The normalized spacial score (nSPS) is 11.5. The Balaban J connectivity index is 1.71. The van der Waals surface area contributed by atoms with E-state index in [-0.39, 0.29) is 17.3 Å². The summed E-state index contributed by atoms with van der Waals surface area (Å²) in [5.74, 6) is -0.267. The van der Waals surface area contributed by atoms with Crippen LogP contribution in [0.2, 0.25) is 5.02 Å². The molecule has 11 heteroatoms. The molecule has 6 nitrogen and oxygen atoms in total. The number of tetrazole rings is 1. The molecule has 0 radical (unpaired) electrons. The van der Waals surface area contributed by atoms with E-state index < -0.39 is 17.6 Å². The smallest absolute Gasteiger partial charge is 0.323 e. The zero-order valence-electron chi connectivity index (χ0n) is 12.3. The molecule has 1 amide bonds. The highest BCUT2D eigenvalue weighted by Crippen LogP contribution is 2.33. The Morgan fingerprint density at radius 2 is 2.12 bits per heavy atom. The second-order valence-electron chi connectivity index (χ2n) is 4.86. The molecule has 0 aliphatic rings. The number of anilines is 1. The lowest BCUT2D eigenvalue weighted by Gasteiger charge is -2.11. The number of halogens is 4. The van der Waals surface area contributed by atoms with Gasteiger partial charge in [0.1, 0.15) is 6.54 Å². The molecule has 0 atom stereocenters. The fourth-order valence-corrected chi connectivity index (χ4v) is 2.74. The minimum atomic E-state index is -4.53. The molecule has 1 aromatic carbocycles. The number of thiophene rings is 1. The van der Waals surface area contributed by atoms with Crippen molar-refractivity contribution >= 4 is 34.5 Å². The molecule has 3 aromatic rings. The third-order valence-corrected chi connectivity index (χ3v) is 4.24. The predicted octanol–water partition coefficient (Wildman–Crippen LogP) is 3.71. The van der Waals surface area contributed by atoms with E-state index >= 15 is 0 Å². The summed E-state index contributed by atoms with van der Waals surface area (Å²) in [7, 11) is 0. The van der Waals surface area contributed by atoms with Crippen LogP contribution in [0.1, 0.15) is 5.56 Å². The summed E-state index contributed by atoms with van der Waals surface area (Å²) in [6.45, 7) is -0.315. The lowest BCUT2D eigenvalue weighted by atomic mass is 10.2. The molecule has 0 fully saturated rings. The maximum Gasteiger partial charge on any atom is 0.416 e. The van der Waals surface area contributed by atoms with Crippen LogP contribution in [0.3, 0.4) is 0 Å². The van der Waals surface area contributed by atoms with Crippen LogP contribution in [-0.2, 0) is 17.5 Å². The average molecular weight is 388 g/mol. The van der Waals surface area contributed by atoms with Crippen LogP contribution < -0.4 is 5.32 Å². The first-order valence-electron chi connectivity index (χ1n) is 6.81. The van der Waals surface area contributed by atoms with Crippen LogP contribution >= 0.6 is 22.9 Å². The van der Waals surface area contributed by atoms with Crippen molar-refractivity contribution in [3.05, 3.63) is 46.3 Å². The molecule has 0 bridgehead atoms. The van der Waals surface area contributed by atoms with Gasteiger partial charge in [-0.1, -0.05) is 17.7 Å². The summed E-state index contributed by atoms with van der Waals surface area (Å²) in [6, 6.07) is 6.30. The number of carbonyl (C=O) groups is 1. The summed E-state index contributed by atoms with van der Waals surface area (Å²) in [5.41, 5.74) is -1.05. The molecule has 2 heterocycles. The number of rotatable bonds is 4. The maximum atomic E-state index is 12.7. The summed E-state index contributed by atoms with van der Waals surface area (Å²) in [5, 5.41) is 15.8. The highest BCUT2D eigenvalue weighted by atomic mass is 35.5. The highest BCUT2D eigenvalue weighted by Gasteiger charge is 2.31. The van der Waals surface area contributed by atoms with E-state index in [2.05, 4.69) is 20.7 Å². The average Bonchev–Trinajstić information content (AvgIpc) is 3.19. The van der Waals surface area contributed by atoms with Crippen LogP contribution in [0.4, 0.5) is 18.9 Å². The van der Waals surface area contributed by atoms with Crippen LogP contribution in [0.15, 0.2) is 35.7 Å². The standard InChI is InChI=1S/C14H9ClF3N5OS/c15-9-4-3-8(14(16,17)18)6-10(9)19-12(24)7-23-21-13(20-22-23)11-2-1-5-25-11/h1-6H,7H2,(H,19,24). The van der Waals surface area contributed by atoms with Crippen molar-refractivity contribution in [3.8, 4) is 10.7 Å². The summed E-state index contributed by atoms with van der Waals surface area (Å²) >= 11 is 7.25. The molecule has 0 saturated heterocycles. The van der Waals surface area contributed by atoms with Crippen molar-refractivity contribution in [2.24, 2.45) is 0 Å². The summed E-state index contributed by atoms with van der Waals surface area (Å²) in [4.78, 5) is 13.8. The number of nitrogens with one attached hydrogen (secondary N) is 1. The molecule has 0 unspecified atom stereocenters. The highest BCUT2D eigenvalue weighted by molar-refractivity contribution is 7.13. The van der Waals surface area contributed by atoms with E-state index in [4.69, 9.17) is 11.6 Å². The molecule has 1 N–H and O–H groups in total. The van der Waals surface area contributed by atoms with Gasteiger partial charge in [-0.05, 0) is 34.9 Å². The number of aromatic nitrogens is 4. The van der Waals surface area contributed by atoms with Crippen LogP contribution in [0.5, 0.6) is 0 Å². The van der Waals surface area contributed by atoms with E-state index in [0.717, 1.165) is 27.9 Å². The van der Waals surface area contributed by atoms with Gasteiger partial charge in [-0.2, -0.15) is 18.0 Å². The minimum absolute atomic E-state index is 0.00725. The molecule has 25 heavy (non-hydrogen) atoms. The second-order valence-corrected chi connectivity index (χ2v) is 6.22. The zero-order valence-corrected chi connectivity index (χ0v) is 13.9. The largest absolute Gasteiger partial charge is 0.416 e. The molecule has 130 valence electrons. The molecular formula is C14H9ClF3N5OS. The van der Waals surface area contributed by atoms with Gasteiger partial charge >= 0.3 is 6.18 Å². The first-order valence-corrected chi connectivity index (χ1v) is 8.07. The van der Waals surface area contributed by atoms with Crippen molar-refractivity contribution in [3.63, 3.8) is 0 Å². The maximum absolute atomic E-state index is 12.7. The second kappa shape index (κ2) is 6.81. The lowest BCUT2D eigenvalue weighted by Crippen LogP contribution is -2.21. The van der Waals surface area contributed by atoms with Crippen molar-refractivity contribution in [2.45, 2.75) is 12.7 Å². The third-order valence-electron chi connectivity index (χ3n) is 3.05. The molecule has 0 spiro atoms. The summed E-state index contributed by atoms with van der Waals surface area (Å²) in [6.07, 6.45) is -4.53. The van der Waals surface area contributed by atoms with Gasteiger partial charge < -0.3 is 5.32 Å². The monoisotopic (exact) mass is 387 g/mol. The number of amides is 1. The SMILES string of the molecule is O=C(Cn1nnc(-c2cccs2)n1)Nc1cc(C(F)(F)F)ccc1Cl. The fourth-order valence-electron chi connectivity index (χ4n) is 1.93. The van der Waals surface area contributed by atoms with Gasteiger partial charge in [0.05, 0.1) is 21.2 Å². The van der Waals surface area contributed by atoms with Gasteiger partial charge in [-0.3, -0.25) is 4.79 Å². The molecule has 0 saturated carbocycles. The van der Waals surface area contributed by atoms with Gasteiger partial charge in [0.2, 0.25) is 11.7 Å². The van der Waals surface area contributed by atoms with Gasteiger partial charge in [0.15, 0.2) is 0 Å². The Hall–Kier alpha value is -2.46. The van der Waals surface area contributed by atoms with Crippen molar-refractivity contribution in [1.82, 2.24) is 20.2 Å². The van der Waals surface area contributed by atoms with E-state index in [1.807, 2.05) is 11.4 Å². The van der Waals surface area contributed by atoms with Crippen LogP contribution in [0, 0.1) is 0 Å². The number of hydrogen-bond acceptors (Lipinski definition) is 5. The fraction of sp³-hybridized carbons (Fsp3) is 0.143. The van der Waals surface area contributed by atoms with E-state index in [1.165, 1.54) is 11.3 Å². The molecule has 3 rings (SSSR count). The zero-order chi connectivity index (χ0) is 18.0. The van der Waals surface area contributed by atoms with Crippen molar-refractivity contribution in [1.29, 1.82) is 0 Å². The van der Waals surface area contributed by atoms with Crippen molar-refractivity contribution < 1.29 is 18.0 Å². The van der Waals surface area contributed by atoms with Crippen LogP contribution in [-0.4, -0.2) is 26.1 Å². The Labute approximate surface area is 148 Å². The quantitative estimate of drug-likeness (QED) is 0.740. The first kappa shape index (κ1) is 17.4. The molecule has 0 aliphatic carbocycles. The Kier molecular flexibility index (Phi) is 4.73. The minimum Gasteiger partial charge on any atom is -0.323 e. The number of alkyl halides is 3. The summed E-state index contributed by atoms with van der Waals surface area (Å²) < 4.78 is 38.2. The molecule has 2 aromatic heterocycles. The molecular weight excluding hydrogens is 379 g/mol. The van der Waals surface area contributed by atoms with E-state index in [9.17, 15) is 18.0 Å². The Bertz CT molecular complexity index is 894. The molecule has 0 aliphatic heterocycles. The van der Waals surface area contributed by atoms with Crippen molar-refractivity contribution in [2.75, 3.05) is 5.32 Å². The number of nitrogens with zero attached hydrogens (tertiary/aromatic N) is 4.